The van der Waals surface area contributed by atoms with Crippen LogP contribution in [0.1, 0.15) is 38.7 Å². The minimum atomic E-state index is 0. The quantitative estimate of drug-likeness (QED) is 0.405. The van der Waals surface area contributed by atoms with Crippen molar-refractivity contribution in [3.05, 3.63) is 29.8 Å². The fraction of sp³-hybridized carbons (Fsp3) is 0.588. The average Bonchev–Trinajstić information content (AvgIpc) is 3.23. The Morgan fingerprint density at radius 3 is 2.86 bits per heavy atom. The minimum Gasteiger partial charge on any atom is -0.497 e. The molecule has 0 bridgehead atoms. The fourth-order valence-electron chi connectivity index (χ4n) is 2.55. The molecule has 1 aromatic carbocycles. The van der Waals surface area contributed by atoms with Gasteiger partial charge in [-0.05, 0) is 43.4 Å². The first-order chi connectivity index (χ1) is 10.3. The summed E-state index contributed by atoms with van der Waals surface area (Å²) in [7, 11) is 1.69. The first-order valence-corrected chi connectivity index (χ1v) is 7.94. The Bertz CT molecular complexity index is 479. The van der Waals surface area contributed by atoms with Gasteiger partial charge in [-0.1, -0.05) is 25.5 Å². The van der Waals surface area contributed by atoms with E-state index in [1.54, 1.807) is 7.11 Å². The molecule has 124 valence electrons. The third kappa shape index (κ3) is 6.02. The average molecular weight is 417 g/mol. The van der Waals surface area contributed by atoms with Crippen LogP contribution in [0.15, 0.2) is 29.3 Å². The first-order valence-electron chi connectivity index (χ1n) is 7.94. The molecule has 1 aliphatic rings. The third-order valence-corrected chi connectivity index (χ3v) is 3.80. The zero-order chi connectivity index (χ0) is 15.1. The summed E-state index contributed by atoms with van der Waals surface area (Å²) in [6.07, 6.45) is 3.85. The van der Waals surface area contributed by atoms with Gasteiger partial charge in [0.15, 0.2) is 5.96 Å². The molecule has 1 aromatic rings. The second-order valence-corrected chi connectivity index (χ2v) is 5.58. The van der Waals surface area contributed by atoms with Crippen molar-refractivity contribution >= 4 is 29.9 Å². The summed E-state index contributed by atoms with van der Waals surface area (Å²) in [5.74, 6) is 2.63. The Labute approximate surface area is 151 Å². The normalized spacial score (nSPS) is 20.0. The lowest BCUT2D eigenvalue weighted by Crippen LogP contribution is -2.39. The van der Waals surface area contributed by atoms with Crippen LogP contribution in [0.3, 0.4) is 0 Å². The number of methoxy groups -OCH3 is 1. The standard InChI is InChI=1S/C17H27N3O.HI/c1-4-7-14-11-16(14)20-17(18-5-2)19-12-13-8-6-9-15(10-13)21-3;/h6,8-10,14,16H,4-5,7,11-12H2,1-3H3,(H2,18,19,20);1H. The highest BCUT2D eigenvalue weighted by Crippen LogP contribution is 2.34. The summed E-state index contributed by atoms with van der Waals surface area (Å²) in [5, 5.41) is 6.86. The van der Waals surface area contributed by atoms with Crippen molar-refractivity contribution in [2.24, 2.45) is 10.9 Å². The highest BCUT2D eigenvalue weighted by molar-refractivity contribution is 14.0. The SMILES string of the molecule is CCCC1CC1NC(=NCc1cccc(OC)c1)NCC.I. The molecule has 1 saturated carbocycles. The summed E-state index contributed by atoms with van der Waals surface area (Å²) in [6.45, 7) is 5.89. The minimum absolute atomic E-state index is 0. The van der Waals surface area contributed by atoms with Gasteiger partial charge in [0.05, 0.1) is 13.7 Å². The maximum atomic E-state index is 5.24. The molecule has 4 nitrogen and oxygen atoms in total. The molecule has 1 aliphatic carbocycles. The molecule has 1 fully saturated rings. The lowest BCUT2D eigenvalue weighted by atomic mass is 10.2. The molecule has 0 amide bonds. The van der Waals surface area contributed by atoms with E-state index in [0.717, 1.165) is 29.7 Å². The molecule has 0 heterocycles. The second kappa shape index (κ2) is 9.92. The number of aliphatic imine (C=N–C) groups is 1. The fourth-order valence-corrected chi connectivity index (χ4v) is 2.55. The van der Waals surface area contributed by atoms with E-state index in [4.69, 9.17) is 4.74 Å². The molecular weight excluding hydrogens is 389 g/mol. The van der Waals surface area contributed by atoms with E-state index in [9.17, 15) is 0 Å². The molecule has 0 radical (unpaired) electrons. The van der Waals surface area contributed by atoms with Gasteiger partial charge in [-0.3, -0.25) is 0 Å². The summed E-state index contributed by atoms with van der Waals surface area (Å²) in [5.41, 5.74) is 1.16. The van der Waals surface area contributed by atoms with Gasteiger partial charge < -0.3 is 15.4 Å². The van der Waals surface area contributed by atoms with Gasteiger partial charge in [0.25, 0.3) is 0 Å². The van der Waals surface area contributed by atoms with Gasteiger partial charge in [-0.25, -0.2) is 4.99 Å². The van der Waals surface area contributed by atoms with Crippen molar-refractivity contribution in [3.63, 3.8) is 0 Å². The Hall–Kier alpha value is -0.980. The highest BCUT2D eigenvalue weighted by atomic mass is 127. The number of guanidine groups is 1. The first kappa shape index (κ1) is 19.1. The number of halogens is 1. The molecule has 0 aromatic heterocycles. The van der Waals surface area contributed by atoms with E-state index >= 15 is 0 Å². The van der Waals surface area contributed by atoms with Gasteiger partial charge in [-0.2, -0.15) is 0 Å². The lowest BCUT2D eigenvalue weighted by molar-refractivity contribution is 0.414. The molecule has 0 saturated heterocycles. The van der Waals surface area contributed by atoms with Crippen molar-refractivity contribution in [2.75, 3.05) is 13.7 Å². The van der Waals surface area contributed by atoms with Crippen LogP contribution >= 0.6 is 24.0 Å². The van der Waals surface area contributed by atoms with Crippen molar-refractivity contribution in [3.8, 4) is 5.75 Å². The number of nitrogens with zero attached hydrogens (tertiary/aromatic N) is 1. The van der Waals surface area contributed by atoms with E-state index in [2.05, 4.69) is 35.5 Å². The van der Waals surface area contributed by atoms with Gasteiger partial charge >= 0.3 is 0 Å². The van der Waals surface area contributed by atoms with Gasteiger partial charge in [0, 0.05) is 12.6 Å². The summed E-state index contributed by atoms with van der Waals surface area (Å²) in [6, 6.07) is 8.67. The van der Waals surface area contributed by atoms with E-state index in [1.165, 1.54) is 19.3 Å². The Morgan fingerprint density at radius 2 is 2.18 bits per heavy atom. The van der Waals surface area contributed by atoms with Crippen LogP contribution in [0.4, 0.5) is 0 Å². The third-order valence-electron chi connectivity index (χ3n) is 3.80. The van der Waals surface area contributed by atoms with Crippen LogP contribution < -0.4 is 15.4 Å². The number of hydrogen-bond donors (Lipinski definition) is 2. The summed E-state index contributed by atoms with van der Waals surface area (Å²) >= 11 is 0. The highest BCUT2D eigenvalue weighted by Gasteiger charge is 2.36. The predicted octanol–water partition coefficient (Wildman–Crippen LogP) is 3.56. The summed E-state index contributed by atoms with van der Waals surface area (Å²) in [4.78, 5) is 4.67. The zero-order valence-corrected chi connectivity index (χ0v) is 16.1. The van der Waals surface area contributed by atoms with Crippen LogP contribution in [-0.4, -0.2) is 25.7 Å². The molecule has 0 aliphatic heterocycles. The van der Waals surface area contributed by atoms with Crippen LogP contribution in [0, 0.1) is 5.92 Å². The molecule has 2 N–H and O–H groups in total. The van der Waals surface area contributed by atoms with Crippen LogP contribution in [-0.2, 0) is 6.54 Å². The molecule has 2 rings (SSSR count). The van der Waals surface area contributed by atoms with Gasteiger partial charge in [0.1, 0.15) is 5.75 Å². The molecular formula is C17H28IN3O. The number of hydrogen-bond acceptors (Lipinski definition) is 2. The van der Waals surface area contributed by atoms with Crippen LogP contribution in [0.25, 0.3) is 0 Å². The van der Waals surface area contributed by atoms with E-state index in [0.29, 0.717) is 12.6 Å². The topological polar surface area (TPSA) is 45.7 Å². The molecule has 5 heteroatoms. The van der Waals surface area contributed by atoms with E-state index in [-0.39, 0.29) is 24.0 Å². The van der Waals surface area contributed by atoms with Crippen molar-refractivity contribution < 1.29 is 4.74 Å². The van der Waals surface area contributed by atoms with E-state index < -0.39 is 0 Å². The Kier molecular flexibility index (Phi) is 8.60. The summed E-state index contributed by atoms with van der Waals surface area (Å²) < 4.78 is 5.24. The number of ether oxygens (including phenoxy) is 1. The van der Waals surface area contributed by atoms with Gasteiger partial charge in [0.2, 0.25) is 0 Å². The monoisotopic (exact) mass is 417 g/mol. The number of rotatable bonds is 7. The van der Waals surface area contributed by atoms with Crippen molar-refractivity contribution in [1.82, 2.24) is 10.6 Å². The Morgan fingerprint density at radius 1 is 1.36 bits per heavy atom. The Balaban J connectivity index is 0.00000242. The molecule has 2 atom stereocenters. The lowest BCUT2D eigenvalue weighted by Gasteiger charge is -2.11. The molecule has 2 unspecified atom stereocenters. The number of nitrogens with one attached hydrogen (secondary N) is 2. The van der Waals surface area contributed by atoms with Crippen molar-refractivity contribution in [1.29, 1.82) is 0 Å². The second-order valence-electron chi connectivity index (χ2n) is 5.58. The van der Waals surface area contributed by atoms with Crippen molar-refractivity contribution in [2.45, 2.75) is 45.7 Å². The zero-order valence-electron chi connectivity index (χ0n) is 13.8. The molecule has 0 spiro atoms. The molecule has 22 heavy (non-hydrogen) atoms. The largest absolute Gasteiger partial charge is 0.497 e. The van der Waals surface area contributed by atoms with E-state index in [1.807, 2.05) is 18.2 Å². The number of benzene rings is 1. The maximum Gasteiger partial charge on any atom is 0.191 e. The van der Waals surface area contributed by atoms with Gasteiger partial charge in [-0.15, -0.1) is 24.0 Å². The maximum absolute atomic E-state index is 5.24. The predicted molar refractivity (Wildman–Crippen MR) is 103 cm³/mol. The van der Waals surface area contributed by atoms with Crippen LogP contribution in [0.5, 0.6) is 5.75 Å². The van der Waals surface area contributed by atoms with Crippen LogP contribution in [0.2, 0.25) is 0 Å². The smallest absolute Gasteiger partial charge is 0.191 e.